The van der Waals surface area contributed by atoms with E-state index in [9.17, 15) is 22.4 Å². The number of benzene rings is 2. The minimum atomic E-state index is -4.01. The van der Waals surface area contributed by atoms with Crippen LogP contribution in [0.3, 0.4) is 0 Å². The zero-order chi connectivity index (χ0) is 21.7. The Balaban J connectivity index is 1.81. The molecule has 7 nitrogen and oxygen atoms in total. The molecule has 3 rings (SSSR count). The predicted octanol–water partition coefficient (Wildman–Crippen LogP) is 3.04. The summed E-state index contributed by atoms with van der Waals surface area (Å²) in [6.07, 6.45) is 1.29. The largest absolute Gasteiger partial charge is 0.466 e. The van der Waals surface area contributed by atoms with E-state index in [1.807, 2.05) is 0 Å². The Hall–Kier alpha value is -2.94. The summed E-state index contributed by atoms with van der Waals surface area (Å²) < 4.78 is 45.9. The molecule has 0 aromatic heterocycles. The highest BCUT2D eigenvalue weighted by atomic mass is 32.2. The average molecular weight is 434 g/mol. The molecule has 0 saturated carbocycles. The number of anilines is 1. The van der Waals surface area contributed by atoms with E-state index < -0.39 is 21.8 Å². The number of carbonyl (C=O) groups is 2. The Morgan fingerprint density at radius 1 is 1.17 bits per heavy atom. The van der Waals surface area contributed by atoms with Crippen LogP contribution in [0, 0.1) is 11.7 Å². The van der Waals surface area contributed by atoms with Gasteiger partial charge in [0.25, 0.3) is 15.9 Å². The van der Waals surface area contributed by atoms with Crippen LogP contribution >= 0.6 is 0 Å². The molecule has 9 heteroatoms. The van der Waals surface area contributed by atoms with Crippen LogP contribution < -0.4 is 4.72 Å². The second-order valence-electron chi connectivity index (χ2n) is 6.95. The maximum atomic E-state index is 13.1. The van der Waals surface area contributed by atoms with Crippen molar-refractivity contribution < 1.29 is 27.1 Å². The number of halogens is 1. The Morgan fingerprint density at radius 3 is 2.57 bits per heavy atom. The fourth-order valence-electron chi connectivity index (χ4n) is 3.36. The third-order valence-corrected chi connectivity index (χ3v) is 6.24. The van der Waals surface area contributed by atoms with Gasteiger partial charge in [-0.25, -0.2) is 12.8 Å². The molecule has 0 radical (unpaired) electrons. The molecule has 1 saturated heterocycles. The summed E-state index contributed by atoms with van der Waals surface area (Å²) in [6.45, 7) is 2.69. The van der Waals surface area contributed by atoms with Crippen molar-refractivity contribution in [3.8, 4) is 0 Å². The summed E-state index contributed by atoms with van der Waals surface area (Å²) in [5.41, 5.74) is 0.290. The molecule has 0 aliphatic carbocycles. The lowest BCUT2D eigenvalue weighted by Crippen LogP contribution is -2.43. The van der Waals surface area contributed by atoms with Crippen LogP contribution in [0.15, 0.2) is 53.4 Å². The third-order valence-electron chi connectivity index (χ3n) is 4.85. The van der Waals surface area contributed by atoms with Crippen molar-refractivity contribution in [1.29, 1.82) is 0 Å². The molecular formula is C21H23FN2O5S. The number of ether oxygens (including phenoxy) is 1. The van der Waals surface area contributed by atoms with Crippen molar-refractivity contribution in [1.82, 2.24) is 4.90 Å². The maximum absolute atomic E-state index is 13.1. The normalized spacial score (nSPS) is 16.7. The molecular weight excluding hydrogens is 411 g/mol. The first-order valence-corrected chi connectivity index (χ1v) is 11.1. The summed E-state index contributed by atoms with van der Waals surface area (Å²) in [5.74, 6) is -1.65. The minimum absolute atomic E-state index is 0.116. The van der Waals surface area contributed by atoms with E-state index >= 15 is 0 Å². The van der Waals surface area contributed by atoms with Gasteiger partial charge in [-0.3, -0.25) is 14.3 Å². The highest BCUT2D eigenvalue weighted by Gasteiger charge is 2.31. The lowest BCUT2D eigenvalue weighted by molar-refractivity contribution is -0.149. The maximum Gasteiger partial charge on any atom is 0.310 e. The van der Waals surface area contributed by atoms with Gasteiger partial charge >= 0.3 is 5.97 Å². The van der Waals surface area contributed by atoms with Gasteiger partial charge < -0.3 is 9.64 Å². The number of piperidine rings is 1. The Morgan fingerprint density at radius 2 is 1.87 bits per heavy atom. The summed E-state index contributed by atoms with van der Waals surface area (Å²) in [7, 11) is -4.01. The van der Waals surface area contributed by atoms with Crippen molar-refractivity contribution in [2.45, 2.75) is 24.7 Å². The van der Waals surface area contributed by atoms with E-state index in [-0.39, 0.29) is 41.2 Å². The molecule has 1 N–H and O–H groups in total. The van der Waals surface area contributed by atoms with E-state index in [4.69, 9.17) is 4.74 Å². The number of sulfonamides is 1. The molecule has 1 amide bonds. The first-order chi connectivity index (χ1) is 14.3. The molecule has 1 atom stereocenters. The van der Waals surface area contributed by atoms with Crippen LogP contribution in [0.4, 0.5) is 10.1 Å². The zero-order valence-corrected chi connectivity index (χ0v) is 17.3. The van der Waals surface area contributed by atoms with Crippen LogP contribution in [-0.4, -0.2) is 44.9 Å². The third kappa shape index (κ3) is 4.96. The lowest BCUT2D eigenvalue weighted by Gasteiger charge is -2.32. The Kier molecular flexibility index (Phi) is 6.71. The average Bonchev–Trinajstić information content (AvgIpc) is 2.74. The highest BCUT2D eigenvalue weighted by molar-refractivity contribution is 7.92. The predicted molar refractivity (Wildman–Crippen MR) is 109 cm³/mol. The van der Waals surface area contributed by atoms with Crippen molar-refractivity contribution in [3.63, 3.8) is 0 Å². The molecule has 0 spiro atoms. The number of para-hydroxylation sites is 1. The van der Waals surface area contributed by atoms with Crippen LogP contribution in [0.5, 0.6) is 0 Å². The number of hydrogen-bond donors (Lipinski definition) is 1. The molecule has 160 valence electrons. The van der Waals surface area contributed by atoms with Gasteiger partial charge in [-0.15, -0.1) is 0 Å². The van der Waals surface area contributed by atoms with Gasteiger partial charge in [-0.2, -0.15) is 0 Å². The van der Waals surface area contributed by atoms with Gasteiger partial charge in [-0.1, -0.05) is 12.1 Å². The first kappa shape index (κ1) is 21.8. The van der Waals surface area contributed by atoms with E-state index in [2.05, 4.69) is 4.72 Å². The van der Waals surface area contributed by atoms with Gasteiger partial charge in [0.2, 0.25) is 0 Å². The molecule has 2 aromatic carbocycles. The minimum Gasteiger partial charge on any atom is -0.466 e. The quantitative estimate of drug-likeness (QED) is 0.706. The highest BCUT2D eigenvalue weighted by Crippen LogP contribution is 2.25. The van der Waals surface area contributed by atoms with E-state index in [1.165, 1.54) is 17.0 Å². The molecule has 2 aromatic rings. The monoisotopic (exact) mass is 434 g/mol. The Bertz CT molecular complexity index is 1020. The van der Waals surface area contributed by atoms with Gasteiger partial charge in [0.05, 0.1) is 28.7 Å². The van der Waals surface area contributed by atoms with Gasteiger partial charge in [0.15, 0.2) is 0 Å². The summed E-state index contributed by atoms with van der Waals surface area (Å²) in [6, 6.07) is 10.7. The standard InChI is InChI=1S/C21H23FN2O5S/c1-2-29-21(26)15-6-5-13-24(14-15)20(25)18-7-3-4-8-19(18)23-30(27,28)17-11-9-16(22)10-12-17/h3-4,7-12,15,23H,2,5-6,13-14H2,1H3/t15-/m1/s1. The fourth-order valence-corrected chi connectivity index (χ4v) is 4.44. The number of esters is 1. The van der Waals surface area contributed by atoms with Crippen LogP contribution in [-0.2, 0) is 19.6 Å². The number of nitrogens with zero attached hydrogens (tertiary/aromatic N) is 1. The molecule has 30 heavy (non-hydrogen) atoms. The number of amides is 1. The summed E-state index contributed by atoms with van der Waals surface area (Å²) in [5, 5.41) is 0. The SMILES string of the molecule is CCOC(=O)[C@@H]1CCCN(C(=O)c2ccccc2NS(=O)(=O)c2ccc(F)cc2)C1. The molecule has 0 unspecified atom stereocenters. The topological polar surface area (TPSA) is 92.8 Å². The number of nitrogens with one attached hydrogen (secondary N) is 1. The number of hydrogen-bond acceptors (Lipinski definition) is 5. The smallest absolute Gasteiger partial charge is 0.310 e. The van der Waals surface area contributed by atoms with Crippen molar-refractivity contribution in [2.75, 3.05) is 24.4 Å². The van der Waals surface area contributed by atoms with Gasteiger partial charge in [0, 0.05) is 13.1 Å². The number of rotatable bonds is 6. The van der Waals surface area contributed by atoms with Gasteiger partial charge in [0.1, 0.15) is 5.82 Å². The summed E-state index contributed by atoms with van der Waals surface area (Å²) in [4.78, 5) is 26.6. The number of likely N-dealkylation sites (tertiary alicyclic amines) is 1. The lowest BCUT2D eigenvalue weighted by atomic mass is 9.97. The van der Waals surface area contributed by atoms with Crippen molar-refractivity contribution >= 4 is 27.6 Å². The zero-order valence-electron chi connectivity index (χ0n) is 16.5. The Labute approximate surface area is 174 Å². The van der Waals surface area contributed by atoms with E-state index in [0.717, 1.165) is 24.3 Å². The van der Waals surface area contributed by atoms with Crippen molar-refractivity contribution in [3.05, 3.63) is 59.9 Å². The first-order valence-electron chi connectivity index (χ1n) is 9.65. The molecule has 1 fully saturated rings. The van der Waals surface area contributed by atoms with Crippen molar-refractivity contribution in [2.24, 2.45) is 5.92 Å². The molecule has 1 heterocycles. The van der Waals surface area contributed by atoms with Crippen LogP contribution in [0.2, 0.25) is 0 Å². The second-order valence-corrected chi connectivity index (χ2v) is 8.63. The molecule has 1 aliphatic rings. The number of carbonyl (C=O) groups excluding carboxylic acids is 2. The molecule has 0 bridgehead atoms. The second kappa shape index (κ2) is 9.25. The van der Waals surface area contributed by atoms with Gasteiger partial charge in [-0.05, 0) is 56.2 Å². The van der Waals surface area contributed by atoms with Crippen LogP contribution in [0.25, 0.3) is 0 Å². The fraction of sp³-hybridized carbons (Fsp3) is 0.333. The summed E-state index contributed by atoms with van der Waals surface area (Å²) >= 11 is 0. The molecule has 1 aliphatic heterocycles. The van der Waals surface area contributed by atoms with E-state index in [1.54, 1.807) is 19.1 Å². The van der Waals surface area contributed by atoms with E-state index in [0.29, 0.717) is 19.4 Å². The van der Waals surface area contributed by atoms with Crippen LogP contribution in [0.1, 0.15) is 30.1 Å².